The summed E-state index contributed by atoms with van der Waals surface area (Å²) < 4.78 is 5.08. The predicted molar refractivity (Wildman–Crippen MR) is 54.1 cm³/mol. The van der Waals surface area contributed by atoms with Crippen molar-refractivity contribution < 1.29 is 9.84 Å². The highest BCUT2D eigenvalue weighted by Crippen LogP contribution is 2.05. The number of ether oxygens (including phenoxy) is 1. The zero-order chi connectivity index (χ0) is 10.4. The maximum Gasteiger partial charge on any atom is 0.133 e. The van der Waals surface area contributed by atoms with Crippen LogP contribution in [-0.4, -0.2) is 29.8 Å². The van der Waals surface area contributed by atoms with E-state index in [-0.39, 0.29) is 11.9 Å². The first-order chi connectivity index (χ1) is 6.72. The van der Waals surface area contributed by atoms with Crippen molar-refractivity contribution in [2.24, 2.45) is 0 Å². The first kappa shape index (κ1) is 10.9. The number of aromatic hydroxyl groups is 1. The maximum absolute atomic E-state index is 9.01. The van der Waals surface area contributed by atoms with Crippen molar-refractivity contribution in [2.45, 2.75) is 19.6 Å². The fourth-order valence-electron chi connectivity index (χ4n) is 1.01. The normalized spacial score (nSPS) is 12.7. The van der Waals surface area contributed by atoms with Crippen molar-refractivity contribution in [3.63, 3.8) is 0 Å². The van der Waals surface area contributed by atoms with Gasteiger partial charge < -0.3 is 15.2 Å². The van der Waals surface area contributed by atoms with Gasteiger partial charge in [0, 0.05) is 20.2 Å². The summed E-state index contributed by atoms with van der Waals surface area (Å²) in [4.78, 5) is 4.05. The molecule has 1 atom stereocenters. The molecule has 0 radical (unpaired) electrons. The Morgan fingerprint density at radius 2 is 2.36 bits per heavy atom. The number of nitrogens with one attached hydrogen (secondary N) is 1. The molecule has 4 nitrogen and oxygen atoms in total. The molecule has 1 aromatic heterocycles. The minimum Gasteiger partial charge on any atom is -0.506 e. The summed E-state index contributed by atoms with van der Waals surface area (Å²) in [5.41, 5.74) is 0.908. The topological polar surface area (TPSA) is 54.4 Å². The molecule has 14 heavy (non-hydrogen) atoms. The summed E-state index contributed by atoms with van der Waals surface area (Å²) in [6.45, 7) is 3.48. The summed E-state index contributed by atoms with van der Waals surface area (Å²) in [6, 6.07) is 3.42. The molecule has 0 saturated carbocycles. The molecule has 0 bridgehead atoms. The monoisotopic (exact) mass is 196 g/mol. The predicted octanol–water partition coefficient (Wildman–Crippen LogP) is 0.912. The van der Waals surface area contributed by atoms with E-state index in [2.05, 4.69) is 10.3 Å². The molecule has 0 aromatic carbocycles. The second kappa shape index (κ2) is 5.57. The average molecular weight is 196 g/mol. The minimum absolute atomic E-state index is 0.194. The van der Waals surface area contributed by atoms with Gasteiger partial charge in [0.05, 0.1) is 18.0 Å². The number of methoxy groups -OCH3 is 1. The largest absolute Gasteiger partial charge is 0.506 e. The highest BCUT2D eigenvalue weighted by molar-refractivity contribution is 5.17. The molecule has 0 aliphatic rings. The third kappa shape index (κ3) is 3.72. The Kier molecular flexibility index (Phi) is 4.35. The fourth-order valence-corrected chi connectivity index (χ4v) is 1.01. The van der Waals surface area contributed by atoms with Crippen LogP contribution in [0.1, 0.15) is 12.6 Å². The van der Waals surface area contributed by atoms with Crippen LogP contribution in [0.2, 0.25) is 0 Å². The molecule has 1 unspecified atom stereocenters. The summed E-state index contributed by atoms with van der Waals surface area (Å²) in [5.74, 6) is 0.194. The van der Waals surface area contributed by atoms with Crippen molar-refractivity contribution in [3.8, 4) is 5.75 Å². The summed E-state index contributed by atoms with van der Waals surface area (Å²) >= 11 is 0. The highest BCUT2D eigenvalue weighted by Gasteiger charge is 1.99. The number of rotatable bonds is 5. The molecule has 4 heteroatoms. The lowest BCUT2D eigenvalue weighted by Crippen LogP contribution is -2.25. The second-order valence-electron chi connectivity index (χ2n) is 3.18. The van der Waals surface area contributed by atoms with Crippen molar-refractivity contribution in [2.75, 3.05) is 13.7 Å². The Morgan fingerprint density at radius 3 is 2.93 bits per heavy atom. The van der Waals surface area contributed by atoms with Crippen LogP contribution in [0.4, 0.5) is 0 Å². The molecule has 0 aliphatic carbocycles. The summed E-state index contributed by atoms with van der Waals surface area (Å²) in [7, 11) is 1.69. The zero-order valence-corrected chi connectivity index (χ0v) is 8.53. The average Bonchev–Trinajstić information content (AvgIpc) is 2.21. The van der Waals surface area contributed by atoms with Crippen LogP contribution in [0.15, 0.2) is 18.3 Å². The standard InChI is InChI=1S/C10H16N2O2/c1-8(14-2)5-11-6-9-3-4-10(13)7-12-9/h3-4,7-8,11,13H,5-6H2,1-2H3. The van der Waals surface area contributed by atoms with E-state index in [0.717, 1.165) is 12.2 Å². The first-order valence-electron chi connectivity index (χ1n) is 4.59. The quantitative estimate of drug-likeness (QED) is 0.735. The van der Waals surface area contributed by atoms with E-state index in [9.17, 15) is 0 Å². The molecular weight excluding hydrogens is 180 g/mol. The lowest BCUT2D eigenvalue weighted by molar-refractivity contribution is 0.117. The zero-order valence-electron chi connectivity index (χ0n) is 8.53. The van der Waals surface area contributed by atoms with E-state index in [0.29, 0.717) is 6.54 Å². The maximum atomic E-state index is 9.01. The van der Waals surface area contributed by atoms with Gasteiger partial charge in [0.25, 0.3) is 0 Å². The number of nitrogens with zero attached hydrogens (tertiary/aromatic N) is 1. The number of aromatic nitrogens is 1. The van der Waals surface area contributed by atoms with Crippen molar-refractivity contribution in [1.82, 2.24) is 10.3 Å². The van der Waals surface area contributed by atoms with Gasteiger partial charge in [-0.3, -0.25) is 4.98 Å². The van der Waals surface area contributed by atoms with E-state index in [4.69, 9.17) is 9.84 Å². The molecule has 1 rings (SSSR count). The highest BCUT2D eigenvalue weighted by atomic mass is 16.5. The van der Waals surface area contributed by atoms with E-state index < -0.39 is 0 Å². The van der Waals surface area contributed by atoms with Gasteiger partial charge in [0.1, 0.15) is 5.75 Å². The number of hydrogen-bond acceptors (Lipinski definition) is 4. The van der Waals surface area contributed by atoms with E-state index in [1.165, 1.54) is 6.20 Å². The fraction of sp³-hybridized carbons (Fsp3) is 0.500. The third-order valence-electron chi connectivity index (χ3n) is 1.95. The van der Waals surface area contributed by atoms with Gasteiger partial charge >= 0.3 is 0 Å². The van der Waals surface area contributed by atoms with Crippen molar-refractivity contribution in [3.05, 3.63) is 24.0 Å². The first-order valence-corrected chi connectivity index (χ1v) is 4.59. The Morgan fingerprint density at radius 1 is 1.57 bits per heavy atom. The Bertz CT molecular complexity index is 261. The molecule has 0 fully saturated rings. The molecule has 0 aliphatic heterocycles. The molecule has 2 N–H and O–H groups in total. The van der Waals surface area contributed by atoms with Gasteiger partial charge in [-0.05, 0) is 19.1 Å². The second-order valence-corrected chi connectivity index (χ2v) is 3.18. The third-order valence-corrected chi connectivity index (χ3v) is 1.95. The number of pyridine rings is 1. The van der Waals surface area contributed by atoms with Crippen LogP contribution in [0.5, 0.6) is 5.75 Å². The number of hydrogen-bond donors (Lipinski definition) is 2. The lowest BCUT2D eigenvalue weighted by atomic mass is 10.3. The van der Waals surface area contributed by atoms with E-state index in [1.807, 2.05) is 6.92 Å². The molecule has 0 amide bonds. The molecule has 0 saturated heterocycles. The molecule has 0 spiro atoms. The Labute approximate surface area is 83.9 Å². The Hall–Kier alpha value is -1.13. The van der Waals surface area contributed by atoms with Gasteiger partial charge in [0.2, 0.25) is 0 Å². The summed E-state index contributed by atoms with van der Waals surface area (Å²) in [5, 5.41) is 12.2. The van der Waals surface area contributed by atoms with Gasteiger partial charge in [-0.15, -0.1) is 0 Å². The molecule has 1 heterocycles. The van der Waals surface area contributed by atoms with Gasteiger partial charge in [0.15, 0.2) is 0 Å². The van der Waals surface area contributed by atoms with Gasteiger partial charge in [-0.1, -0.05) is 0 Å². The summed E-state index contributed by atoms with van der Waals surface area (Å²) in [6.07, 6.45) is 1.64. The van der Waals surface area contributed by atoms with Crippen molar-refractivity contribution in [1.29, 1.82) is 0 Å². The van der Waals surface area contributed by atoms with Crippen LogP contribution in [0.3, 0.4) is 0 Å². The molecule has 78 valence electrons. The van der Waals surface area contributed by atoms with E-state index >= 15 is 0 Å². The van der Waals surface area contributed by atoms with E-state index in [1.54, 1.807) is 19.2 Å². The van der Waals surface area contributed by atoms with Gasteiger partial charge in [-0.2, -0.15) is 0 Å². The van der Waals surface area contributed by atoms with Crippen LogP contribution in [0.25, 0.3) is 0 Å². The van der Waals surface area contributed by atoms with Crippen LogP contribution < -0.4 is 5.32 Å². The molecular formula is C10H16N2O2. The SMILES string of the molecule is COC(C)CNCc1ccc(O)cn1. The van der Waals surface area contributed by atoms with Crippen LogP contribution in [0, 0.1) is 0 Å². The van der Waals surface area contributed by atoms with Crippen molar-refractivity contribution >= 4 is 0 Å². The molecule has 1 aromatic rings. The van der Waals surface area contributed by atoms with Crippen LogP contribution in [-0.2, 0) is 11.3 Å². The Balaban J connectivity index is 2.28. The van der Waals surface area contributed by atoms with Gasteiger partial charge in [-0.25, -0.2) is 0 Å². The lowest BCUT2D eigenvalue weighted by Gasteiger charge is -2.10. The minimum atomic E-state index is 0.194. The van der Waals surface area contributed by atoms with Crippen LogP contribution >= 0.6 is 0 Å². The smallest absolute Gasteiger partial charge is 0.133 e.